The highest BCUT2D eigenvalue weighted by atomic mass is 16.5. The Hall–Kier alpha value is -1.59. The first kappa shape index (κ1) is 16.8. The smallest absolute Gasteiger partial charge is 0.321 e. The van der Waals surface area contributed by atoms with Crippen molar-refractivity contribution in [1.82, 2.24) is 9.80 Å². The minimum Gasteiger partial charge on any atom is -0.379 e. The fourth-order valence-electron chi connectivity index (χ4n) is 2.77. The van der Waals surface area contributed by atoms with E-state index in [4.69, 9.17) is 4.74 Å². The molecular formula is C17H27N3O2. The Morgan fingerprint density at radius 3 is 2.91 bits per heavy atom. The molecule has 5 heteroatoms. The zero-order valence-corrected chi connectivity index (χ0v) is 14.1. The zero-order valence-electron chi connectivity index (χ0n) is 14.1. The zero-order chi connectivity index (χ0) is 16.1. The Bertz CT molecular complexity index is 517. The van der Waals surface area contributed by atoms with E-state index in [9.17, 15) is 4.79 Å². The quantitative estimate of drug-likeness (QED) is 0.932. The summed E-state index contributed by atoms with van der Waals surface area (Å²) < 4.78 is 5.63. The molecule has 1 aliphatic rings. The van der Waals surface area contributed by atoms with Crippen LogP contribution in [-0.2, 0) is 4.74 Å². The molecule has 0 saturated carbocycles. The lowest BCUT2D eigenvalue weighted by Crippen LogP contribution is -2.41. The van der Waals surface area contributed by atoms with E-state index in [1.54, 1.807) is 0 Å². The molecule has 1 saturated heterocycles. The molecule has 5 nitrogen and oxygen atoms in total. The molecule has 0 radical (unpaired) electrons. The van der Waals surface area contributed by atoms with Crippen LogP contribution >= 0.6 is 0 Å². The number of hydrogen-bond donors (Lipinski definition) is 1. The second kappa shape index (κ2) is 7.61. The van der Waals surface area contributed by atoms with Crippen molar-refractivity contribution in [3.63, 3.8) is 0 Å². The topological polar surface area (TPSA) is 44.8 Å². The molecule has 22 heavy (non-hydrogen) atoms. The molecule has 0 spiro atoms. The maximum absolute atomic E-state index is 12.6. The van der Waals surface area contributed by atoms with E-state index in [-0.39, 0.29) is 6.03 Å². The third kappa shape index (κ3) is 4.45. The average molecular weight is 305 g/mol. The molecule has 1 N–H and O–H groups in total. The third-order valence-corrected chi connectivity index (χ3v) is 4.09. The van der Waals surface area contributed by atoms with E-state index in [2.05, 4.69) is 23.2 Å². The van der Waals surface area contributed by atoms with Crippen molar-refractivity contribution >= 4 is 11.7 Å². The van der Waals surface area contributed by atoms with Crippen molar-refractivity contribution in [3.8, 4) is 0 Å². The predicted molar refractivity (Wildman–Crippen MR) is 89.4 cm³/mol. The second-order valence-corrected chi connectivity index (χ2v) is 6.33. The molecular weight excluding hydrogens is 278 g/mol. The lowest BCUT2D eigenvalue weighted by atomic mass is 10.1. The van der Waals surface area contributed by atoms with E-state index in [0.717, 1.165) is 24.3 Å². The molecule has 0 aromatic heterocycles. The summed E-state index contributed by atoms with van der Waals surface area (Å²) >= 11 is 0. The number of nitrogens with zero attached hydrogens (tertiary/aromatic N) is 2. The summed E-state index contributed by atoms with van der Waals surface area (Å²) in [5.74, 6) is 0.349. The van der Waals surface area contributed by atoms with Crippen LogP contribution in [0.4, 0.5) is 10.5 Å². The molecule has 1 aliphatic heterocycles. The van der Waals surface area contributed by atoms with Crippen LogP contribution in [-0.4, -0.2) is 62.8 Å². The number of rotatable bonds is 3. The molecule has 1 fully saturated rings. The third-order valence-electron chi connectivity index (χ3n) is 4.09. The normalized spacial score (nSPS) is 19.1. The van der Waals surface area contributed by atoms with Crippen molar-refractivity contribution in [1.29, 1.82) is 0 Å². The predicted octanol–water partition coefficient (Wildman–Crippen LogP) is 2.35. The monoisotopic (exact) mass is 305 g/mol. The lowest BCUT2D eigenvalue weighted by Gasteiger charge is -2.26. The largest absolute Gasteiger partial charge is 0.379 e. The number of amides is 2. The number of nitrogens with one attached hydrogen (secondary N) is 1. The van der Waals surface area contributed by atoms with Crippen LogP contribution < -0.4 is 5.32 Å². The average Bonchev–Trinajstić information content (AvgIpc) is 2.69. The van der Waals surface area contributed by atoms with Crippen LogP contribution in [0.1, 0.15) is 11.1 Å². The Balaban J connectivity index is 2.02. The number of carbonyl (C=O) groups excluding carboxylic acids is 1. The van der Waals surface area contributed by atoms with Crippen LogP contribution in [0.25, 0.3) is 0 Å². The number of anilines is 1. The van der Waals surface area contributed by atoms with Gasteiger partial charge in [-0.15, -0.1) is 0 Å². The molecule has 1 aromatic rings. The Morgan fingerprint density at radius 1 is 1.41 bits per heavy atom. The standard InChI is InChI=1S/C17H27N3O2/c1-13-6-5-7-16(14(13)2)18-17(21)20-8-9-22-12-15(11-20)10-19(3)4/h5-7,15H,8-12H2,1-4H3,(H,18,21). The van der Waals surface area contributed by atoms with Crippen molar-refractivity contribution in [2.45, 2.75) is 13.8 Å². The number of hydrogen-bond acceptors (Lipinski definition) is 3. The van der Waals surface area contributed by atoms with Crippen LogP contribution in [0.3, 0.4) is 0 Å². The fraction of sp³-hybridized carbons (Fsp3) is 0.588. The van der Waals surface area contributed by atoms with E-state index >= 15 is 0 Å². The molecule has 1 aromatic carbocycles. The Labute approximate surface area is 133 Å². The summed E-state index contributed by atoms with van der Waals surface area (Å²) in [5, 5.41) is 3.04. The highest BCUT2D eigenvalue weighted by molar-refractivity contribution is 5.90. The van der Waals surface area contributed by atoms with Gasteiger partial charge in [0, 0.05) is 31.2 Å². The molecule has 122 valence electrons. The van der Waals surface area contributed by atoms with Crippen molar-refractivity contribution < 1.29 is 9.53 Å². The molecule has 1 unspecified atom stereocenters. The fourth-order valence-corrected chi connectivity index (χ4v) is 2.77. The first-order chi connectivity index (χ1) is 10.5. The van der Waals surface area contributed by atoms with E-state index in [0.29, 0.717) is 25.7 Å². The van der Waals surface area contributed by atoms with Crippen molar-refractivity contribution in [2.24, 2.45) is 5.92 Å². The summed E-state index contributed by atoms with van der Waals surface area (Å²) in [6.45, 7) is 7.70. The van der Waals surface area contributed by atoms with E-state index in [1.807, 2.05) is 38.1 Å². The van der Waals surface area contributed by atoms with Crippen LogP contribution in [0, 0.1) is 19.8 Å². The molecule has 2 amide bonds. The summed E-state index contributed by atoms with van der Waals surface area (Å²) in [7, 11) is 4.09. The van der Waals surface area contributed by atoms with Gasteiger partial charge in [-0.05, 0) is 45.1 Å². The number of ether oxygens (including phenoxy) is 1. The van der Waals surface area contributed by atoms with Gasteiger partial charge < -0.3 is 19.9 Å². The van der Waals surface area contributed by atoms with Crippen molar-refractivity contribution in [3.05, 3.63) is 29.3 Å². The lowest BCUT2D eigenvalue weighted by molar-refractivity contribution is 0.112. The number of benzene rings is 1. The summed E-state index contributed by atoms with van der Waals surface area (Å²) in [4.78, 5) is 16.6. The van der Waals surface area contributed by atoms with Gasteiger partial charge in [0.15, 0.2) is 0 Å². The highest BCUT2D eigenvalue weighted by Crippen LogP contribution is 2.19. The van der Waals surface area contributed by atoms with Gasteiger partial charge in [-0.25, -0.2) is 4.79 Å². The summed E-state index contributed by atoms with van der Waals surface area (Å²) in [6, 6.07) is 5.94. The first-order valence-electron chi connectivity index (χ1n) is 7.82. The minimum absolute atomic E-state index is 0.0389. The highest BCUT2D eigenvalue weighted by Gasteiger charge is 2.23. The Kier molecular flexibility index (Phi) is 5.80. The van der Waals surface area contributed by atoms with Gasteiger partial charge in [-0.1, -0.05) is 12.1 Å². The molecule has 2 rings (SSSR count). The first-order valence-corrected chi connectivity index (χ1v) is 7.82. The molecule has 0 bridgehead atoms. The SMILES string of the molecule is Cc1cccc(NC(=O)N2CCOCC(CN(C)C)C2)c1C. The van der Waals surface area contributed by atoms with Crippen LogP contribution in [0.15, 0.2) is 18.2 Å². The Morgan fingerprint density at radius 2 is 2.18 bits per heavy atom. The van der Waals surface area contributed by atoms with Crippen LogP contribution in [0.2, 0.25) is 0 Å². The van der Waals surface area contributed by atoms with Crippen molar-refractivity contribution in [2.75, 3.05) is 52.3 Å². The number of carbonyl (C=O) groups is 1. The summed E-state index contributed by atoms with van der Waals surface area (Å²) in [5.41, 5.74) is 3.19. The molecule has 1 atom stereocenters. The maximum Gasteiger partial charge on any atom is 0.321 e. The van der Waals surface area contributed by atoms with Gasteiger partial charge in [0.1, 0.15) is 0 Å². The van der Waals surface area contributed by atoms with Gasteiger partial charge in [0.2, 0.25) is 0 Å². The van der Waals surface area contributed by atoms with E-state index < -0.39 is 0 Å². The minimum atomic E-state index is -0.0389. The number of urea groups is 1. The van der Waals surface area contributed by atoms with Gasteiger partial charge in [0.05, 0.1) is 13.2 Å². The van der Waals surface area contributed by atoms with Gasteiger partial charge in [0.25, 0.3) is 0 Å². The molecule has 1 heterocycles. The van der Waals surface area contributed by atoms with Gasteiger partial charge in [-0.3, -0.25) is 0 Å². The second-order valence-electron chi connectivity index (χ2n) is 6.33. The van der Waals surface area contributed by atoms with Crippen LogP contribution in [0.5, 0.6) is 0 Å². The summed E-state index contributed by atoms with van der Waals surface area (Å²) in [6.07, 6.45) is 0. The maximum atomic E-state index is 12.6. The van der Waals surface area contributed by atoms with Gasteiger partial charge >= 0.3 is 6.03 Å². The van der Waals surface area contributed by atoms with Gasteiger partial charge in [-0.2, -0.15) is 0 Å². The number of aryl methyl sites for hydroxylation is 1. The van der Waals surface area contributed by atoms with E-state index in [1.165, 1.54) is 5.56 Å². The molecule has 0 aliphatic carbocycles.